The van der Waals surface area contributed by atoms with Crippen LogP contribution in [0.25, 0.3) is 0 Å². The minimum absolute atomic E-state index is 0.321. The Morgan fingerprint density at radius 2 is 2.15 bits per heavy atom. The van der Waals surface area contributed by atoms with Crippen molar-refractivity contribution in [3.05, 3.63) is 23.5 Å². The first-order valence-corrected chi connectivity index (χ1v) is 7.41. The highest BCUT2D eigenvalue weighted by Gasteiger charge is 2.16. The van der Waals surface area contributed by atoms with Gasteiger partial charge in [0, 0.05) is 24.8 Å². The maximum absolute atomic E-state index is 11.3. The van der Waals surface area contributed by atoms with Gasteiger partial charge in [0.1, 0.15) is 5.69 Å². The van der Waals surface area contributed by atoms with Gasteiger partial charge < -0.3 is 15.0 Å². The Morgan fingerprint density at radius 3 is 2.85 bits per heavy atom. The molecule has 0 bridgehead atoms. The van der Waals surface area contributed by atoms with E-state index in [4.69, 9.17) is 0 Å². The zero-order chi connectivity index (χ0) is 14.4. The molecule has 1 aromatic rings. The molecule has 0 aromatic carbocycles. The highest BCUT2D eigenvalue weighted by molar-refractivity contribution is 5.87. The zero-order valence-corrected chi connectivity index (χ0v) is 12.4. The summed E-state index contributed by atoms with van der Waals surface area (Å²) < 4.78 is 4.67. The van der Waals surface area contributed by atoms with Crippen molar-refractivity contribution < 1.29 is 9.53 Å². The van der Waals surface area contributed by atoms with Crippen molar-refractivity contribution in [2.45, 2.75) is 38.8 Å². The third kappa shape index (κ3) is 4.08. The molecule has 2 heterocycles. The van der Waals surface area contributed by atoms with Crippen molar-refractivity contribution in [2.75, 3.05) is 26.7 Å². The first-order chi connectivity index (χ1) is 9.70. The third-order valence-corrected chi connectivity index (χ3v) is 3.92. The lowest BCUT2D eigenvalue weighted by Gasteiger charge is -2.32. The molecule has 0 radical (unpaired) electrons. The number of rotatable bonds is 6. The highest BCUT2D eigenvalue weighted by atomic mass is 16.5. The molecule has 0 saturated carbocycles. The second-order valence-electron chi connectivity index (χ2n) is 5.47. The van der Waals surface area contributed by atoms with Crippen molar-refractivity contribution >= 4 is 5.97 Å². The van der Waals surface area contributed by atoms with Gasteiger partial charge in [0.25, 0.3) is 0 Å². The molecule has 1 aliphatic rings. The number of esters is 1. The van der Waals surface area contributed by atoms with E-state index in [2.05, 4.69) is 26.9 Å². The Balaban J connectivity index is 1.72. The maximum atomic E-state index is 11.3. The van der Waals surface area contributed by atoms with Crippen molar-refractivity contribution in [2.24, 2.45) is 0 Å². The van der Waals surface area contributed by atoms with Gasteiger partial charge in [-0.05, 0) is 45.0 Å². The summed E-state index contributed by atoms with van der Waals surface area (Å²) in [5, 5.41) is 3.44. The molecule has 1 atom stereocenters. The molecule has 1 unspecified atom stereocenters. The second-order valence-corrected chi connectivity index (χ2v) is 5.47. The number of carbonyl (C=O) groups excluding carboxylic acids is 1. The predicted molar refractivity (Wildman–Crippen MR) is 78.7 cm³/mol. The van der Waals surface area contributed by atoms with Crippen molar-refractivity contribution in [1.82, 2.24) is 15.2 Å². The van der Waals surface area contributed by atoms with Gasteiger partial charge in [-0.3, -0.25) is 4.90 Å². The number of nitrogens with one attached hydrogen (secondary N) is 2. The lowest BCUT2D eigenvalue weighted by molar-refractivity contribution is 0.0594. The van der Waals surface area contributed by atoms with Gasteiger partial charge in [0.05, 0.1) is 7.11 Å². The van der Waals surface area contributed by atoms with E-state index in [1.807, 2.05) is 6.07 Å². The Bertz CT molecular complexity index is 425. The van der Waals surface area contributed by atoms with Crippen LogP contribution in [0.3, 0.4) is 0 Å². The number of methoxy groups -OCH3 is 1. The topological polar surface area (TPSA) is 57.4 Å². The van der Waals surface area contributed by atoms with Gasteiger partial charge in [-0.1, -0.05) is 6.42 Å². The van der Waals surface area contributed by atoms with Crippen LogP contribution in [0.4, 0.5) is 0 Å². The van der Waals surface area contributed by atoms with Crippen LogP contribution in [0.1, 0.15) is 42.4 Å². The summed E-state index contributed by atoms with van der Waals surface area (Å²) in [5.74, 6) is -0.321. The van der Waals surface area contributed by atoms with Gasteiger partial charge in [-0.2, -0.15) is 0 Å². The largest absolute Gasteiger partial charge is 0.464 e. The number of hydrogen-bond donors (Lipinski definition) is 2. The molecule has 0 spiro atoms. The molecule has 1 aliphatic heterocycles. The fraction of sp³-hybridized carbons (Fsp3) is 0.667. The number of nitrogens with zero attached hydrogens (tertiary/aromatic N) is 1. The molecule has 2 rings (SSSR count). The highest BCUT2D eigenvalue weighted by Crippen LogP contribution is 2.11. The van der Waals surface area contributed by atoms with Crippen LogP contribution in [0.5, 0.6) is 0 Å². The van der Waals surface area contributed by atoms with Crippen LogP contribution < -0.4 is 5.32 Å². The maximum Gasteiger partial charge on any atom is 0.354 e. The fourth-order valence-electron chi connectivity index (χ4n) is 2.68. The van der Waals surface area contributed by atoms with E-state index in [9.17, 15) is 4.79 Å². The smallest absolute Gasteiger partial charge is 0.354 e. The monoisotopic (exact) mass is 279 g/mol. The zero-order valence-electron chi connectivity index (χ0n) is 12.4. The molecule has 1 saturated heterocycles. The van der Waals surface area contributed by atoms with Gasteiger partial charge >= 0.3 is 5.97 Å². The number of piperidine rings is 1. The molecule has 0 amide bonds. The quantitative estimate of drug-likeness (QED) is 0.779. The Morgan fingerprint density at radius 1 is 1.40 bits per heavy atom. The summed E-state index contributed by atoms with van der Waals surface area (Å²) >= 11 is 0. The summed E-state index contributed by atoms with van der Waals surface area (Å²) in [4.78, 5) is 16.9. The number of aromatic nitrogens is 1. The number of carbonyl (C=O) groups is 1. The average Bonchev–Trinajstić information content (AvgIpc) is 2.96. The van der Waals surface area contributed by atoms with Crippen molar-refractivity contribution in [3.8, 4) is 0 Å². The van der Waals surface area contributed by atoms with Crippen LogP contribution >= 0.6 is 0 Å². The number of hydrogen-bond acceptors (Lipinski definition) is 4. The molecule has 0 aliphatic carbocycles. The van der Waals surface area contributed by atoms with E-state index in [1.165, 1.54) is 39.5 Å². The van der Waals surface area contributed by atoms with Crippen molar-refractivity contribution in [1.29, 1.82) is 0 Å². The summed E-state index contributed by atoms with van der Waals surface area (Å²) in [7, 11) is 1.39. The number of H-pyrrole nitrogens is 1. The Kier molecular flexibility index (Phi) is 5.61. The Hall–Kier alpha value is -1.33. The molecular formula is C15H25N3O2. The summed E-state index contributed by atoms with van der Waals surface area (Å²) in [6, 6.07) is 4.24. The van der Waals surface area contributed by atoms with Crippen LogP contribution in [-0.2, 0) is 11.3 Å². The molecule has 5 nitrogen and oxygen atoms in total. The van der Waals surface area contributed by atoms with E-state index in [0.29, 0.717) is 11.7 Å². The minimum atomic E-state index is -0.321. The van der Waals surface area contributed by atoms with E-state index in [1.54, 1.807) is 6.07 Å². The normalized spacial score (nSPS) is 17.9. The number of ether oxygens (including phenoxy) is 1. The van der Waals surface area contributed by atoms with E-state index in [0.717, 1.165) is 18.8 Å². The molecular weight excluding hydrogens is 254 g/mol. The van der Waals surface area contributed by atoms with Crippen molar-refractivity contribution in [3.63, 3.8) is 0 Å². The van der Waals surface area contributed by atoms with Crippen LogP contribution in [0.15, 0.2) is 12.1 Å². The van der Waals surface area contributed by atoms with Gasteiger partial charge in [0.2, 0.25) is 0 Å². The minimum Gasteiger partial charge on any atom is -0.464 e. The summed E-state index contributed by atoms with van der Waals surface area (Å²) in [5.41, 5.74) is 1.52. The second kappa shape index (κ2) is 7.45. The van der Waals surface area contributed by atoms with Gasteiger partial charge in [0.15, 0.2) is 0 Å². The summed E-state index contributed by atoms with van der Waals surface area (Å²) in [6.07, 6.45) is 4.02. The molecule has 2 N–H and O–H groups in total. The van der Waals surface area contributed by atoms with Gasteiger partial charge in [-0.15, -0.1) is 0 Å². The fourth-order valence-corrected chi connectivity index (χ4v) is 2.68. The molecule has 1 aromatic heterocycles. The van der Waals surface area contributed by atoms with E-state index >= 15 is 0 Å². The van der Waals surface area contributed by atoms with Gasteiger partial charge in [-0.25, -0.2) is 4.79 Å². The molecule has 20 heavy (non-hydrogen) atoms. The number of aromatic amines is 1. The van der Waals surface area contributed by atoms with Crippen LogP contribution in [-0.4, -0.2) is 48.6 Å². The predicted octanol–water partition coefficient (Wildman–Crippen LogP) is 1.77. The van der Waals surface area contributed by atoms with Crippen LogP contribution in [0, 0.1) is 0 Å². The van der Waals surface area contributed by atoms with Crippen LogP contribution in [0.2, 0.25) is 0 Å². The SMILES string of the molecule is COC(=O)c1ccc(CNCC(C)N2CCCCC2)[nH]1. The first-order valence-electron chi connectivity index (χ1n) is 7.41. The van der Waals surface area contributed by atoms with E-state index in [-0.39, 0.29) is 5.97 Å². The standard InChI is InChI=1S/C15H25N3O2/c1-12(18-8-4-3-5-9-18)10-16-11-13-6-7-14(17-13)15(19)20-2/h6-7,12,16-17H,3-5,8-11H2,1-2H3. The molecule has 1 fully saturated rings. The number of likely N-dealkylation sites (tertiary alicyclic amines) is 1. The average molecular weight is 279 g/mol. The molecule has 112 valence electrons. The van der Waals surface area contributed by atoms with E-state index < -0.39 is 0 Å². The lowest BCUT2D eigenvalue weighted by atomic mass is 10.1. The third-order valence-electron chi connectivity index (χ3n) is 3.92. The summed E-state index contributed by atoms with van der Waals surface area (Å²) in [6.45, 7) is 6.42. The molecule has 5 heteroatoms. The first kappa shape index (κ1) is 15.1. The Labute approximate surface area is 120 Å². The lowest BCUT2D eigenvalue weighted by Crippen LogP contribution is -2.42.